The molecule has 0 bridgehead atoms. The first kappa shape index (κ1) is 15.2. The summed E-state index contributed by atoms with van der Waals surface area (Å²) in [5.41, 5.74) is 4.83. The number of nitrogens with two attached hydrogens (primary N) is 1. The van der Waals surface area contributed by atoms with Crippen molar-refractivity contribution in [1.82, 2.24) is 9.78 Å². The fourth-order valence-corrected chi connectivity index (χ4v) is 3.15. The van der Waals surface area contributed by atoms with E-state index < -0.39 is 33.2 Å². The van der Waals surface area contributed by atoms with Gasteiger partial charge in [-0.2, -0.15) is 5.10 Å². The Kier molecular flexibility index (Phi) is 3.58. The molecule has 0 amide bonds. The van der Waals surface area contributed by atoms with Crippen molar-refractivity contribution in [2.45, 2.75) is 11.8 Å². The molecule has 2 aromatic rings. The zero-order chi connectivity index (χ0) is 15.9. The van der Waals surface area contributed by atoms with Crippen molar-refractivity contribution >= 4 is 21.5 Å². The molecule has 10 heteroatoms. The zero-order valence-corrected chi connectivity index (χ0v) is 11.8. The Balaban J connectivity index is 2.52. The normalized spacial score (nSPS) is 11.7. The lowest BCUT2D eigenvalue weighted by Gasteiger charge is -2.09. The van der Waals surface area contributed by atoms with Gasteiger partial charge in [0.15, 0.2) is 22.3 Å². The Morgan fingerprint density at radius 3 is 2.43 bits per heavy atom. The summed E-state index contributed by atoms with van der Waals surface area (Å²) in [7, 11) is -2.88. The molecule has 0 unspecified atom stereocenters. The minimum Gasteiger partial charge on any atom is -0.381 e. The van der Waals surface area contributed by atoms with Gasteiger partial charge in [-0.25, -0.2) is 21.6 Å². The summed E-state index contributed by atoms with van der Waals surface area (Å²) in [6.45, 7) is 1.43. The first-order valence-electron chi connectivity index (χ1n) is 5.60. The van der Waals surface area contributed by atoms with Crippen molar-refractivity contribution in [3.63, 3.8) is 0 Å². The second-order valence-corrected chi connectivity index (χ2v) is 5.90. The lowest BCUT2D eigenvalue weighted by molar-refractivity contribution is 0.498. The maximum absolute atomic E-state index is 13.5. The first-order chi connectivity index (χ1) is 9.63. The summed E-state index contributed by atoms with van der Waals surface area (Å²) < 4.78 is 67.0. The molecule has 0 fully saturated rings. The number of rotatable bonds is 3. The van der Waals surface area contributed by atoms with Crippen LogP contribution < -0.4 is 10.5 Å². The van der Waals surface area contributed by atoms with Crippen molar-refractivity contribution in [2.75, 3.05) is 10.5 Å². The molecule has 1 aromatic heterocycles. The SMILES string of the molecule is Cc1c(S(=O)(=O)Nc2cc(F)cc(F)c2F)c(N)nn1C. The molecule has 3 N–H and O–H groups in total. The van der Waals surface area contributed by atoms with Crippen molar-refractivity contribution in [3.8, 4) is 0 Å². The number of hydrogen-bond donors (Lipinski definition) is 2. The molecule has 114 valence electrons. The maximum atomic E-state index is 13.5. The molecule has 0 radical (unpaired) electrons. The Hall–Kier alpha value is -2.23. The van der Waals surface area contributed by atoms with Gasteiger partial charge in [0.25, 0.3) is 10.0 Å². The first-order valence-corrected chi connectivity index (χ1v) is 7.08. The highest BCUT2D eigenvalue weighted by molar-refractivity contribution is 7.93. The molecule has 6 nitrogen and oxygen atoms in total. The number of sulfonamides is 1. The monoisotopic (exact) mass is 320 g/mol. The number of aryl methyl sites for hydroxylation is 1. The lowest BCUT2D eigenvalue weighted by atomic mass is 10.3. The molecule has 1 aromatic carbocycles. The zero-order valence-electron chi connectivity index (χ0n) is 11.0. The molecule has 0 aliphatic rings. The second-order valence-electron chi connectivity index (χ2n) is 4.28. The summed E-state index contributed by atoms with van der Waals surface area (Å²) in [4.78, 5) is -0.380. The topological polar surface area (TPSA) is 90.0 Å². The van der Waals surface area contributed by atoms with Crippen LogP contribution in [0.2, 0.25) is 0 Å². The number of nitrogen functional groups attached to an aromatic ring is 1. The predicted octanol–water partition coefficient (Wildman–Crippen LogP) is 1.53. The van der Waals surface area contributed by atoms with Crippen LogP contribution in [0.1, 0.15) is 5.69 Å². The quantitative estimate of drug-likeness (QED) is 0.839. The molecule has 0 atom stereocenters. The highest BCUT2D eigenvalue weighted by Gasteiger charge is 2.26. The van der Waals surface area contributed by atoms with Gasteiger partial charge in [-0.3, -0.25) is 9.40 Å². The molecule has 0 saturated carbocycles. The summed E-state index contributed by atoms with van der Waals surface area (Å²) in [6.07, 6.45) is 0. The van der Waals surface area contributed by atoms with E-state index in [-0.39, 0.29) is 16.4 Å². The largest absolute Gasteiger partial charge is 0.381 e. The molecule has 0 saturated heterocycles. The molecular formula is C11H11F3N4O2S. The Morgan fingerprint density at radius 2 is 1.90 bits per heavy atom. The number of benzene rings is 1. The second kappa shape index (κ2) is 4.95. The molecule has 0 spiro atoms. The average molecular weight is 320 g/mol. The number of halogens is 3. The van der Waals surface area contributed by atoms with Crippen LogP contribution >= 0.6 is 0 Å². The van der Waals surface area contributed by atoms with Crippen LogP contribution in [0.4, 0.5) is 24.7 Å². The third-order valence-corrected chi connectivity index (χ3v) is 4.34. The smallest absolute Gasteiger partial charge is 0.267 e. The lowest BCUT2D eigenvalue weighted by Crippen LogP contribution is -2.16. The third-order valence-electron chi connectivity index (χ3n) is 2.81. The summed E-state index contributed by atoms with van der Waals surface area (Å²) in [5, 5.41) is 3.71. The maximum Gasteiger partial charge on any atom is 0.267 e. The molecule has 1 heterocycles. The van der Waals surface area contributed by atoms with E-state index in [0.717, 1.165) is 0 Å². The van der Waals surface area contributed by atoms with Gasteiger partial charge in [0.05, 0.1) is 11.4 Å². The summed E-state index contributed by atoms with van der Waals surface area (Å²) >= 11 is 0. The van der Waals surface area contributed by atoms with E-state index in [2.05, 4.69) is 5.10 Å². The van der Waals surface area contributed by atoms with Crippen molar-refractivity contribution < 1.29 is 21.6 Å². The molecule has 2 rings (SSSR count). The van der Waals surface area contributed by atoms with Crippen LogP contribution in [0, 0.1) is 24.4 Å². The Morgan fingerprint density at radius 1 is 1.29 bits per heavy atom. The minimum atomic E-state index is -4.34. The van der Waals surface area contributed by atoms with Gasteiger partial charge in [-0.1, -0.05) is 0 Å². The fraction of sp³-hybridized carbons (Fsp3) is 0.182. The van der Waals surface area contributed by atoms with Crippen LogP contribution in [-0.4, -0.2) is 18.2 Å². The highest BCUT2D eigenvalue weighted by atomic mass is 32.2. The van der Waals surface area contributed by atoms with Crippen LogP contribution in [0.15, 0.2) is 17.0 Å². The van der Waals surface area contributed by atoms with Gasteiger partial charge < -0.3 is 5.73 Å². The van der Waals surface area contributed by atoms with E-state index in [1.807, 2.05) is 0 Å². The van der Waals surface area contributed by atoms with E-state index in [4.69, 9.17) is 5.73 Å². The van der Waals surface area contributed by atoms with E-state index in [9.17, 15) is 21.6 Å². The molecule has 0 aliphatic heterocycles. The molecule has 0 aliphatic carbocycles. The summed E-state index contributed by atoms with van der Waals surface area (Å²) in [5.74, 6) is -4.45. The van der Waals surface area contributed by atoms with E-state index >= 15 is 0 Å². The third kappa shape index (κ3) is 2.66. The number of nitrogens with zero attached hydrogens (tertiary/aromatic N) is 2. The van der Waals surface area contributed by atoms with Crippen molar-refractivity contribution in [3.05, 3.63) is 35.3 Å². The number of aromatic nitrogens is 2. The average Bonchev–Trinajstić information content (AvgIpc) is 2.59. The van der Waals surface area contributed by atoms with Gasteiger partial charge in [0, 0.05) is 19.2 Å². The number of anilines is 2. The van der Waals surface area contributed by atoms with Crippen LogP contribution in [0.25, 0.3) is 0 Å². The van der Waals surface area contributed by atoms with Gasteiger partial charge in [-0.05, 0) is 6.92 Å². The van der Waals surface area contributed by atoms with Crippen molar-refractivity contribution in [2.24, 2.45) is 7.05 Å². The summed E-state index contributed by atoms with van der Waals surface area (Å²) in [6, 6.07) is 0.828. The van der Waals surface area contributed by atoms with E-state index in [1.54, 1.807) is 4.72 Å². The van der Waals surface area contributed by atoms with E-state index in [0.29, 0.717) is 12.1 Å². The van der Waals surface area contributed by atoms with Gasteiger partial charge in [0.1, 0.15) is 5.82 Å². The van der Waals surface area contributed by atoms with Gasteiger partial charge in [0.2, 0.25) is 0 Å². The molecule has 21 heavy (non-hydrogen) atoms. The van der Waals surface area contributed by atoms with Crippen LogP contribution in [-0.2, 0) is 17.1 Å². The van der Waals surface area contributed by atoms with Gasteiger partial charge >= 0.3 is 0 Å². The number of hydrogen-bond acceptors (Lipinski definition) is 4. The number of nitrogens with one attached hydrogen (secondary N) is 1. The fourth-order valence-electron chi connectivity index (χ4n) is 1.77. The minimum absolute atomic E-state index is 0.192. The standard InChI is InChI=1S/C11H11F3N4O2S/c1-5-10(11(15)16-18(5)2)21(19,20)17-8-4-6(12)3-7(13)9(8)14/h3-4,17H,1-2H3,(H2,15,16). The van der Waals surface area contributed by atoms with E-state index in [1.165, 1.54) is 18.7 Å². The highest BCUT2D eigenvalue weighted by Crippen LogP contribution is 2.26. The Labute approximate surface area is 118 Å². The van der Waals surface area contributed by atoms with Crippen LogP contribution in [0.5, 0.6) is 0 Å². The molecular weight excluding hydrogens is 309 g/mol. The van der Waals surface area contributed by atoms with Gasteiger partial charge in [-0.15, -0.1) is 0 Å². The Bertz CT molecular complexity index is 817. The van der Waals surface area contributed by atoms with Crippen molar-refractivity contribution in [1.29, 1.82) is 0 Å². The predicted molar refractivity (Wildman–Crippen MR) is 69.5 cm³/mol. The van der Waals surface area contributed by atoms with Crippen LogP contribution in [0.3, 0.4) is 0 Å².